The molecule has 0 spiro atoms. The number of methoxy groups -OCH3 is 2. The number of amides is 1. The van der Waals surface area contributed by atoms with Crippen molar-refractivity contribution in [2.45, 2.75) is 95.6 Å². The number of aromatic nitrogens is 4. The number of benzene rings is 3. The molecule has 1 aliphatic rings. The van der Waals surface area contributed by atoms with Gasteiger partial charge in [-0.1, -0.05) is 54.6 Å². The first-order valence-electron chi connectivity index (χ1n) is 22.0. The molecule has 1 aliphatic heterocycles. The van der Waals surface area contributed by atoms with Crippen LogP contribution in [0, 0.1) is 17.2 Å². The van der Waals surface area contributed by atoms with Crippen LogP contribution in [-0.2, 0) is 33.9 Å². The Morgan fingerprint density at radius 3 is 1.96 bits per heavy atom. The SMILES string of the molecule is COc1ccc(C(OC[C@H]2O[C@@H](n3cnc4c(NC(C)=O)ncnc43)[C@H](OCOCC(C(F)(F)F)C(F)(F)F)[C@@H]2O[P+](O)(CCC#N)N(C(C)C)C(C)C)(c2ccccc2)c2ccc(OC)cc2)cc1. The molecule has 6 rings (SSSR count). The second-order valence-corrected chi connectivity index (χ2v) is 19.2. The number of alkyl halides is 6. The highest BCUT2D eigenvalue weighted by Crippen LogP contribution is 2.64. The quantitative estimate of drug-likeness (QED) is 0.0220. The third kappa shape index (κ3) is 12.0. The van der Waals surface area contributed by atoms with E-state index in [1.807, 2.05) is 82.3 Å². The van der Waals surface area contributed by atoms with Crippen LogP contribution in [0.1, 0.15) is 64.0 Å². The highest BCUT2D eigenvalue weighted by molar-refractivity contribution is 7.63. The molecule has 23 heteroatoms. The topological polar surface area (TPSA) is 185 Å². The maximum atomic E-state index is 13.7. The van der Waals surface area contributed by atoms with Crippen molar-refractivity contribution in [3.05, 3.63) is 108 Å². The van der Waals surface area contributed by atoms with E-state index in [-0.39, 0.29) is 41.6 Å². The molecule has 1 amide bonds. The highest BCUT2D eigenvalue weighted by Gasteiger charge is 2.60. The van der Waals surface area contributed by atoms with Crippen LogP contribution in [-0.4, -0.2) is 118 Å². The number of rotatable bonds is 22. The minimum absolute atomic E-state index is 0.0148. The summed E-state index contributed by atoms with van der Waals surface area (Å²) in [7, 11) is -0.880. The van der Waals surface area contributed by atoms with Gasteiger partial charge in [0.2, 0.25) is 5.91 Å². The smallest absolute Gasteiger partial charge is 0.402 e. The number of nitrogens with zero attached hydrogens (tertiary/aromatic N) is 6. The molecule has 3 aromatic carbocycles. The van der Waals surface area contributed by atoms with Gasteiger partial charge in [-0.3, -0.25) is 9.36 Å². The Morgan fingerprint density at radius 1 is 0.871 bits per heavy atom. The molecule has 3 heterocycles. The number of carbonyl (C=O) groups is 1. The number of hydrogen-bond donors (Lipinski definition) is 2. The molecule has 1 fully saturated rings. The predicted molar refractivity (Wildman–Crippen MR) is 244 cm³/mol. The van der Waals surface area contributed by atoms with Gasteiger partial charge in [0.15, 0.2) is 35.2 Å². The average molecular weight is 1010 g/mol. The van der Waals surface area contributed by atoms with Crippen molar-refractivity contribution in [3.63, 3.8) is 0 Å². The fourth-order valence-corrected chi connectivity index (χ4v) is 11.5. The summed E-state index contributed by atoms with van der Waals surface area (Å²) in [4.78, 5) is 38.0. The Bertz CT molecular complexity index is 2460. The van der Waals surface area contributed by atoms with E-state index < -0.39 is 82.2 Å². The van der Waals surface area contributed by atoms with Crippen LogP contribution < -0.4 is 14.8 Å². The van der Waals surface area contributed by atoms with Crippen LogP contribution in [0.25, 0.3) is 11.2 Å². The number of imidazole rings is 1. The molecule has 0 radical (unpaired) electrons. The highest BCUT2D eigenvalue weighted by atomic mass is 31.2. The lowest BCUT2D eigenvalue weighted by Gasteiger charge is -2.39. The Morgan fingerprint density at radius 2 is 1.44 bits per heavy atom. The number of nitriles is 1. The Labute approximate surface area is 401 Å². The first-order valence-corrected chi connectivity index (χ1v) is 23.8. The van der Waals surface area contributed by atoms with Crippen LogP contribution >= 0.6 is 7.87 Å². The number of nitrogens with one attached hydrogen (secondary N) is 1. The minimum atomic E-state index is -5.70. The summed E-state index contributed by atoms with van der Waals surface area (Å²) < 4.78 is 128. The Hall–Kier alpha value is -5.50. The average Bonchev–Trinajstić information content (AvgIpc) is 3.89. The van der Waals surface area contributed by atoms with Crippen molar-refractivity contribution in [1.82, 2.24) is 24.2 Å². The zero-order valence-electron chi connectivity index (χ0n) is 39.3. The molecule has 5 atom stereocenters. The van der Waals surface area contributed by atoms with Gasteiger partial charge in [-0.05, 0) is 68.7 Å². The van der Waals surface area contributed by atoms with E-state index in [0.29, 0.717) is 28.2 Å². The fourth-order valence-electron chi connectivity index (χ4n) is 8.55. The van der Waals surface area contributed by atoms with Crippen LogP contribution in [0.3, 0.4) is 0 Å². The Kier molecular flexibility index (Phi) is 17.5. The number of halogens is 6. The van der Waals surface area contributed by atoms with E-state index in [0.717, 1.165) is 6.33 Å². The van der Waals surface area contributed by atoms with Gasteiger partial charge in [-0.15, -0.1) is 4.67 Å². The molecule has 16 nitrogen and oxygen atoms in total. The van der Waals surface area contributed by atoms with Gasteiger partial charge in [-0.2, -0.15) is 36.1 Å². The fraction of sp³-hybridized carbons (Fsp3) is 0.468. The van der Waals surface area contributed by atoms with E-state index in [9.17, 15) is 41.3 Å². The third-order valence-electron chi connectivity index (χ3n) is 11.5. The predicted octanol–water partition coefficient (Wildman–Crippen LogP) is 8.98. The van der Waals surface area contributed by atoms with Crippen molar-refractivity contribution in [2.24, 2.45) is 5.92 Å². The first-order chi connectivity index (χ1) is 33.2. The molecule has 0 bridgehead atoms. The summed E-state index contributed by atoms with van der Waals surface area (Å²) in [6.45, 7) is 5.12. The molecular formula is C47H55F6N7O9P+. The zero-order chi connectivity index (χ0) is 51.0. The summed E-state index contributed by atoms with van der Waals surface area (Å²) in [6, 6.07) is 24.8. The summed E-state index contributed by atoms with van der Waals surface area (Å²) in [5, 5.41) is 12.4. The number of hydrogen-bond acceptors (Lipinski definition) is 14. The molecule has 378 valence electrons. The number of ether oxygens (including phenoxy) is 6. The summed E-state index contributed by atoms with van der Waals surface area (Å²) >= 11 is 0. The molecule has 1 saturated heterocycles. The zero-order valence-corrected chi connectivity index (χ0v) is 40.2. The van der Waals surface area contributed by atoms with Crippen LogP contribution in [0.15, 0.2) is 91.5 Å². The molecule has 0 saturated carbocycles. The lowest BCUT2D eigenvalue weighted by atomic mass is 9.80. The van der Waals surface area contributed by atoms with Crippen LogP contribution in [0.4, 0.5) is 32.2 Å². The van der Waals surface area contributed by atoms with E-state index in [4.69, 9.17) is 32.9 Å². The van der Waals surface area contributed by atoms with Gasteiger partial charge in [0.25, 0.3) is 0 Å². The first kappa shape index (κ1) is 53.8. The van der Waals surface area contributed by atoms with Gasteiger partial charge in [0.1, 0.15) is 48.6 Å². The second-order valence-electron chi connectivity index (χ2n) is 16.8. The van der Waals surface area contributed by atoms with E-state index in [1.54, 1.807) is 28.9 Å². The van der Waals surface area contributed by atoms with Gasteiger partial charge in [-0.25, -0.2) is 19.8 Å². The van der Waals surface area contributed by atoms with Crippen molar-refractivity contribution in [3.8, 4) is 17.6 Å². The van der Waals surface area contributed by atoms with Gasteiger partial charge >= 0.3 is 20.2 Å². The lowest BCUT2D eigenvalue weighted by molar-refractivity contribution is -0.299. The molecule has 0 aliphatic carbocycles. The third-order valence-corrected chi connectivity index (χ3v) is 14.5. The largest absolute Gasteiger partial charge is 0.497 e. The molecular weight excluding hydrogens is 952 g/mol. The van der Waals surface area contributed by atoms with Crippen molar-refractivity contribution >= 4 is 30.8 Å². The standard InChI is InChI=1S/C47H54F6N7O9P/c1-29(2)60(30(3)4)70(62,23-11-22-54)69-40-37(24-67-45(32-12-9-8-10-13-32,33-14-18-35(63-6)19-15-33)34-16-20-36(64-7)21-17-34)68-44(41(40)66-28-65-25-38(46(48,49)50)47(51,52)53)59-27-57-39-42(58-31(5)61)55-26-56-43(39)59/h8-10,12-21,26-27,29-30,37-38,40-41,44,62H,11,23-25,28H2,1-7H3/p+1/t37-,40-,41-,44-,70?/m1/s1. The van der Waals surface area contributed by atoms with Crippen LogP contribution in [0.2, 0.25) is 0 Å². The summed E-state index contributed by atoms with van der Waals surface area (Å²) in [5.74, 6) is -3.21. The van der Waals surface area contributed by atoms with E-state index >= 15 is 0 Å². The molecule has 1 unspecified atom stereocenters. The van der Waals surface area contributed by atoms with Crippen LogP contribution in [0.5, 0.6) is 11.5 Å². The summed E-state index contributed by atoms with van der Waals surface area (Å²) in [6.07, 6.45) is -15.2. The molecule has 70 heavy (non-hydrogen) atoms. The van der Waals surface area contributed by atoms with E-state index in [2.05, 4.69) is 26.3 Å². The number of anilines is 1. The maximum absolute atomic E-state index is 13.7. The van der Waals surface area contributed by atoms with Gasteiger partial charge in [0.05, 0.1) is 46.3 Å². The van der Waals surface area contributed by atoms with Crippen molar-refractivity contribution < 1.29 is 69.0 Å². The molecule has 2 N–H and O–H groups in total. The molecule has 5 aromatic rings. The maximum Gasteiger partial charge on any atom is 0.402 e. The van der Waals surface area contributed by atoms with Crippen molar-refractivity contribution in [1.29, 1.82) is 5.26 Å². The second kappa shape index (κ2) is 22.7. The normalized spacial score (nSPS) is 18.7. The van der Waals surface area contributed by atoms with E-state index in [1.165, 1.54) is 32.0 Å². The Balaban J connectivity index is 1.54. The molecule has 2 aromatic heterocycles. The monoisotopic (exact) mass is 1010 g/mol. The van der Waals surface area contributed by atoms with Gasteiger partial charge < -0.3 is 33.7 Å². The van der Waals surface area contributed by atoms with Crippen molar-refractivity contribution in [2.75, 3.05) is 45.7 Å². The number of fused-ring (bicyclic) bond motifs is 1. The van der Waals surface area contributed by atoms with Gasteiger partial charge in [0, 0.05) is 19.0 Å². The lowest BCUT2D eigenvalue weighted by Crippen LogP contribution is -2.45. The number of carbonyl (C=O) groups excluding carboxylic acids is 1. The summed E-state index contributed by atoms with van der Waals surface area (Å²) in [5.41, 5.74) is 0.558. The minimum Gasteiger partial charge on any atom is -0.497 e.